The summed E-state index contributed by atoms with van der Waals surface area (Å²) in [4.78, 5) is 34.3. The predicted molar refractivity (Wildman–Crippen MR) is 80.5 cm³/mol. The number of rotatable bonds is 5. The van der Waals surface area contributed by atoms with Gasteiger partial charge in [-0.25, -0.2) is 0 Å². The first-order valence-corrected chi connectivity index (χ1v) is 7.24. The Kier molecular flexibility index (Phi) is 4.80. The molecule has 6 nitrogen and oxygen atoms in total. The molecule has 0 unspecified atom stereocenters. The highest BCUT2D eigenvalue weighted by molar-refractivity contribution is 5.96. The lowest BCUT2D eigenvalue weighted by molar-refractivity contribution is -0.146. The number of carboxylic acid groups (broad SMARTS) is 1. The smallest absolute Gasteiger partial charge is 0.306 e. The van der Waals surface area contributed by atoms with Gasteiger partial charge in [-0.1, -0.05) is 6.07 Å². The summed E-state index contributed by atoms with van der Waals surface area (Å²) in [5, 5.41) is 14.0. The fourth-order valence-corrected chi connectivity index (χ4v) is 2.36. The van der Waals surface area contributed by atoms with Gasteiger partial charge in [0.15, 0.2) is 0 Å². The molecule has 2 rings (SSSR count). The summed E-state index contributed by atoms with van der Waals surface area (Å²) in [6.45, 7) is 3.78. The Morgan fingerprint density at radius 2 is 1.86 bits per heavy atom. The summed E-state index contributed by atoms with van der Waals surface area (Å²) in [5.74, 6) is -1.79. The predicted octanol–water partition coefficient (Wildman–Crippen LogP) is 1.01. The number of hydrogen-bond donors (Lipinski definition) is 3. The summed E-state index contributed by atoms with van der Waals surface area (Å²) >= 11 is 0. The minimum atomic E-state index is -0.825. The Hall–Kier alpha value is -2.37. The van der Waals surface area contributed by atoms with Crippen LogP contribution in [0.3, 0.4) is 0 Å². The van der Waals surface area contributed by atoms with Crippen molar-refractivity contribution in [2.75, 3.05) is 6.54 Å². The molecule has 1 fully saturated rings. The zero-order valence-corrected chi connectivity index (χ0v) is 12.7. The number of carbonyl (C=O) groups is 3. The number of amides is 2. The van der Waals surface area contributed by atoms with Crippen LogP contribution < -0.4 is 10.6 Å². The van der Waals surface area contributed by atoms with Gasteiger partial charge in [-0.05, 0) is 49.9 Å². The van der Waals surface area contributed by atoms with E-state index < -0.39 is 5.97 Å². The highest BCUT2D eigenvalue weighted by Gasteiger charge is 2.35. The highest BCUT2D eigenvalue weighted by atomic mass is 16.4. The molecule has 0 bridgehead atoms. The largest absolute Gasteiger partial charge is 0.481 e. The van der Waals surface area contributed by atoms with Crippen LogP contribution in [0, 0.1) is 19.8 Å². The third-order valence-corrected chi connectivity index (χ3v) is 4.03. The van der Waals surface area contributed by atoms with Crippen LogP contribution in [0.15, 0.2) is 18.2 Å². The molecular formula is C16H20N2O4. The van der Waals surface area contributed by atoms with Crippen molar-refractivity contribution in [3.05, 3.63) is 34.9 Å². The Morgan fingerprint density at radius 1 is 1.18 bits per heavy atom. The number of carboxylic acids is 1. The van der Waals surface area contributed by atoms with Gasteiger partial charge in [0.25, 0.3) is 5.91 Å². The van der Waals surface area contributed by atoms with E-state index in [0.29, 0.717) is 18.4 Å². The van der Waals surface area contributed by atoms with Crippen molar-refractivity contribution in [2.24, 2.45) is 5.92 Å². The summed E-state index contributed by atoms with van der Waals surface area (Å²) in [6, 6.07) is 5.27. The van der Waals surface area contributed by atoms with E-state index in [4.69, 9.17) is 5.11 Å². The molecule has 0 atom stereocenters. The first-order valence-electron chi connectivity index (χ1n) is 7.24. The summed E-state index contributed by atoms with van der Waals surface area (Å²) in [5.41, 5.74) is 2.64. The second-order valence-corrected chi connectivity index (χ2v) is 5.75. The van der Waals surface area contributed by atoms with Crippen molar-refractivity contribution < 1.29 is 19.5 Å². The number of nitrogens with one attached hydrogen (secondary N) is 2. The lowest BCUT2D eigenvalue weighted by atomic mass is 9.80. The first kappa shape index (κ1) is 16.0. The third kappa shape index (κ3) is 3.84. The maximum Gasteiger partial charge on any atom is 0.306 e. The van der Waals surface area contributed by atoms with Crippen molar-refractivity contribution in [1.29, 1.82) is 0 Å². The SMILES string of the molecule is Cc1ccc(C(=O)NCC(=O)NC2CC(C(=O)O)C2)cc1C. The van der Waals surface area contributed by atoms with E-state index in [1.807, 2.05) is 19.9 Å². The first-order chi connectivity index (χ1) is 10.4. The number of aliphatic carboxylic acids is 1. The van der Waals surface area contributed by atoms with Crippen LogP contribution in [-0.2, 0) is 9.59 Å². The minimum Gasteiger partial charge on any atom is -0.481 e. The van der Waals surface area contributed by atoms with E-state index in [2.05, 4.69) is 10.6 Å². The maximum atomic E-state index is 12.0. The topological polar surface area (TPSA) is 95.5 Å². The van der Waals surface area contributed by atoms with Crippen LogP contribution in [0.2, 0.25) is 0 Å². The number of aryl methyl sites for hydroxylation is 2. The fraction of sp³-hybridized carbons (Fsp3) is 0.438. The Bertz CT molecular complexity index is 606. The fourth-order valence-electron chi connectivity index (χ4n) is 2.36. The molecule has 1 saturated carbocycles. The van der Waals surface area contributed by atoms with E-state index in [-0.39, 0.29) is 30.3 Å². The molecule has 0 aliphatic heterocycles. The van der Waals surface area contributed by atoms with E-state index >= 15 is 0 Å². The van der Waals surface area contributed by atoms with Gasteiger partial charge >= 0.3 is 5.97 Å². The molecule has 3 N–H and O–H groups in total. The zero-order valence-electron chi connectivity index (χ0n) is 12.7. The van der Waals surface area contributed by atoms with Crippen molar-refractivity contribution in [3.8, 4) is 0 Å². The molecule has 1 aliphatic rings. The molecule has 6 heteroatoms. The van der Waals surface area contributed by atoms with Crippen LogP contribution in [0.4, 0.5) is 0 Å². The second-order valence-electron chi connectivity index (χ2n) is 5.75. The quantitative estimate of drug-likeness (QED) is 0.756. The molecule has 0 saturated heterocycles. The van der Waals surface area contributed by atoms with Gasteiger partial charge in [-0.2, -0.15) is 0 Å². The van der Waals surface area contributed by atoms with Gasteiger partial charge in [0.2, 0.25) is 5.91 Å². The van der Waals surface area contributed by atoms with Crippen molar-refractivity contribution in [2.45, 2.75) is 32.7 Å². The van der Waals surface area contributed by atoms with E-state index in [9.17, 15) is 14.4 Å². The Labute approximate surface area is 128 Å². The summed E-state index contributed by atoms with van der Waals surface area (Å²) in [6.07, 6.45) is 0.901. The van der Waals surface area contributed by atoms with Gasteiger partial charge in [-0.3, -0.25) is 14.4 Å². The average Bonchev–Trinajstić information content (AvgIpc) is 2.42. The molecule has 1 aromatic carbocycles. The number of hydrogen-bond acceptors (Lipinski definition) is 3. The van der Waals surface area contributed by atoms with Crippen molar-refractivity contribution in [3.63, 3.8) is 0 Å². The Balaban J connectivity index is 1.75. The molecule has 118 valence electrons. The number of benzene rings is 1. The van der Waals surface area contributed by atoms with Crippen molar-refractivity contribution >= 4 is 17.8 Å². The molecule has 22 heavy (non-hydrogen) atoms. The maximum absolute atomic E-state index is 12.0. The van der Waals surface area contributed by atoms with Crippen LogP contribution in [0.25, 0.3) is 0 Å². The molecule has 1 aromatic rings. The summed E-state index contributed by atoms with van der Waals surface area (Å²) in [7, 11) is 0. The minimum absolute atomic E-state index is 0.105. The average molecular weight is 304 g/mol. The van der Waals surface area contributed by atoms with Crippen LogP contribution in [0.5, 0.6) is 0 Å². The molecule has 0 radical (unpaired) electrons. The van der Waals surface area contributed by atoms with Gasteiger partial charge in [0, 0.05) is 11.6 Å². The zero-order chi connectivity index (χ0) is 16.3. The lowest BCUT2D eigenvalue weighted by Crippen LogP contribution is -2.49. The van der Waals surface area contributed by atoms with Gasteiger partial charge < -0.3 is 15.7 Å². The highest BCUT2D eigenvalue weighted by Crippen LogP contribution is 2.27. The van der Waals surface area contributed by atoms with Gasteiger partial charge in [-0.15, -0.1) is 0 Å². The Morgan fingerprint density at radius 3 is 2.45 bits per heavy atom. The van der Waals surface area contributed by atoms with E-state index in [0.717, 1.165) is 11.1 Å². The molecule has 0 heterocycles. The van der Waals surface area contributed by atoms with E-state index in [1.165, 1.54) is 0 Å². The van der Waals surface area contributed by atoms with Crippen LogP contribution in [0.1, 0.15) is 34.3 Å². The van der Waals surface area contributed by atoms with Gasteiger partial charge in [0.1, 0.15) is 0 Å². The van der Waals surface area contributed by atoms with Crippen molar-refractivity contribution in [1.82, 2.24) is 10.6 Å². The lowest BCUT2D eigenvalue weighted by Gasteiger charge is -2.32. The monoisotopic (exact) mass is 304 g/mol. The molecule has 0 aromatic heterocycles. The number of carbonyl (C=O) groups excluding carboxylic acids is 2. The molecule has 1 aliphatic carbocycles. The molecule has 2 amide bonds. The van der Waals surface area contributed by atoms with E-state index in [1.54, 1.807) is 12.1 Å². The second kappa shape index (κ2) is 6.60. The summed E-state index contributed by atoms with van der Waals surface area (Å²) < 4.78 is 0. The molecule has 0 spiro atoms. The molecular weight excluding hydrogens is 284 g/mol. The van der Waals surface area contributed by atoms with Gasteiger partial charge in [0.05, 0.1) is 12.5 Å². The van der Waals surface area contributed by atoms with Crippen LogP contribution >= 0.6 is 0 Å². The van der Waals surface area contributed by atoms with Crippen LogP contribution in [-0.4, -0.2) is 35.5 Å². The third-order valence-electron chi connectivity index (χ3n) is 4.03. The normalized spacial score (nSPS) is 19.9. The standard InChI is InChI=1S/C16H20N2O4/c1-9-3-4-11(5-10(9)2)15(20)17-8-14(19)18-13-6-12(7-13)16(21)22/h3-5,12-13H,6-8H2,1-2H3,(H,17,20)(H,18,19)(H,21,22).